The molecule has 7 atom stereocenters. The fourth-order valence-electron chi connectivity index (χ4n) is 10.5. The van der Waals surface area contributed by atoms with E-state index < -0.39 is 59.9 Å². The van der Waals surface area contributed by atoms with Crippen LogP contribution in [0.1, 0.15) is 316 Å². The number of nitrogens with one attached hydrogen (secondary N) is 1. The predicted molar refractivity (Wildman–Crippen MR) is 306 cm³/mol. The molecule has 74 heavy (non-hydrogen) atoms. The number of unbranched alkanes of at least 4 members (excludes halogenated alkanes) is 42. The number of hydrogen-bond acceptors (Lipinski definition) is 10. The minimum Gasteiger partial charge on any atom is -0.394 e. The highest BCUT2D eigenvalue weighted by molar-refractivity contribution is 7.80. The van der Waals surface area contributed by atoms with Crippen molar-refractivity contribution in [3.8, 4) is 0 Å². The zero-order chi connectivity index (χ0) is 54.0. The molecule has 1 heterocycles. The minimum absolute atomic E-state index is 0.228. The Labute approximate surface area is 455 Å². The molecule has 0 spiro atoms. The fourth-order valence-corrected chi connectivity index (χ4v) is 11.0. The number of ether oxygens (including phenoxy) is 2. The van der Waals surface area contributed by atoms with Crippen LogP contribution in [0.15, 0.2) is 12.2 Å². The Hall–Kier alpha value is -1.16. The van der Waals surface area contributed by atoms with E-state index in [0.717, 1.165) is 51.4 Å². The molecule has 1 aliphatic heterocycles. The van der Waals surface area contributed by atoms with Crippen molar-refractivity contribution in [3.63, 3.8) is 0 Å². The van der Waals surface area contributed by atoms with Gasteiger partial charge in [-0.2, -0.15) is 8.42 Å². The minimum atomic E-state index is -5.08. The summed E-state index contributed by atoms with van der Waals surface area (Å²) in [5.74, 6) is -0.228. The molecular weight excluding hydrogens is 955 g/mol. The van der Waals surface area contributed by atoms with Crippen LogP contribution in [-0.2, 0) is 28.9 Å². The molecule has 0 aliphatic carbocycles. The quantitative estimate of drug-likeness (QED) is 0.0193. The average Bonchev–Trinajstić information content (AvgIpc) is 3.38. The monoisotopic (exact) mass is 1070 g/mol. The summed E-state index contributed by atoms with van der Waals surface area (Å²) in [5.41, 5.74) is 0. The molecule has 7 unspecified atom stereocenters. The smallest absolute Gasteiger partial charge is 0.394 e. The first kappa shape index (κ1) is 70.9. The zero-order valence-corrected chi connectivity index (χ0v) is 48.8. The summed E-state index contributed by atoms with van der Waals surface area (Å²) >= 11 is 0. The van der Waals surface area contributed by atoms with Crippen molar-refractivity contribution in [2.75, 3.05) is 13.2 Å². The van der Waals surface area contributed by atoms with Crippen molar-refractivity contribution in [2.24, 2.45) is 0 Å². The van der Waals surface area contributed by atoms with E-state index in [4.69, 9.17) is 9.47 Å². The van der Waals surface area contributed by atoms with Crippen LogP contribution in [0.25, 0.3) is 0 Å². The molecule has 0 saturated carbocycles. The number of aliphatic hydroxyl groups excluding tert-OH is 4. The van der Waals surface area contributed by atoms with Gasteiger partial charge in [-0.25, -0.2) is 4.18 Å². The second kappa shape index (κ2) is 51.3. The third kappa shape index (κ3) is 42.8. The van der Waals surface area contributed by atoms with Crippen LogP contribution in [0, 0.1) is 0 Å². The second-order valence-corrected chi connectivity index (χ2v) is 23.4. The van der Waals surface area contributed by atoms with Crippen LogP contribution < -0.4 is 5.32 Å². The Kier molecular flexibility index (Phi) is 49.1. The summed E-state index contributed by atoms with van der Waals surface area (Å²) in [5, 5.41) is 45.2. The third-order valence-electron chi connectivity index (χ3n) is 15.3. The van der Waals surface area contributed by atoms with Crippen LogP contribution in [0.2, 0.25) is 0 Å². The van der Waals surface area contributed by atoms with Gasteiger partial charge in [0.2, 0.25) is 5.91 Å². The van der Waals surface area contributed by atoms with Gasteiger partial charge >= 0.3 is 10.4 Å². The lowest BCUT2D eigenvalue weighted by atomic mass is 9.99. The summed E-state index contributed by atoms with van der Waals surface area (Å²) in [6, 6.07) is -0.859. The van der Waals surface area contributed by atoms with E-state index in [2.05, 4.69) is 35.5 Å². The number of hydrogen-bond donors (Lipinski definition) is 6. The predicted octanol–water partition coefficient (Wildman–Crippen LogP) is 15.4. The normalized spacial score (nSPS) is 19.1. The van der Waals surface area contributed by atoms with Crippen molar-refractivity contribution >= 4 is 16.3 Å². The van der Waals surface area contributed by atoms with Gasteiger partial charge in [0, 0.05) is 6.42 Å². The Balaban J connectivity index is 2.31. The van der Waals surface area contributed by atoms with Crippen LogP contribution >= 0.6 is 0 Å². The maximum Gasteiger partial charge on any atom is 0.397 e. The number of carbonyl (C=O) groups is 1. The van der Waals surface area contributed by atoms with Gasteiger partial charge in [0.25, 0.3) is 0 Å². The van der Waals surface area contributed by atoms with Gasteiger partial charge in [-0.1, -0.05) is 283 Å². The molecular formula is C61H119NO11S. The van der Waals surface area contributed by atoms with E-state index in [0.29, 0.717) is 12.8 Å². The largest absolute Gasteiger partial charge is 0.397 e. The lowest BCUT2D eigenvalue weighted by Crippen LogP contribution is -2.61. The molecule has 0 aromatic rings. The van der Waals surface area contributed by atoms with Gasteiger partial charge in [0.05, 0.1) is 25.4 Å². The summed E-state index contributed by atoms with van der Waals surface area (Å²) in [4.78, 5) is 13.2. The maximum atomic E-state index is 13.2. The number of carbonyl (C=O) groups excluding carboxylic acids is 1. The molecule has 0 bridgehead atoms. The van der Waals surface area contributed by atoms with Crippen LogP contribution in [0.4, 0.5) is 0 Å². The van der Waals surface area contributed by atoms with Crippen LogP contribution in [-0.4, -0.2) is 95.4 Å². The fraction of sp³-hybridized carbons (Fsp3) is 0.951. The molecule has 6 N–H and O–H groups in total. The van der Waals surface area contributed by atoms with Crippen molar-refractivity contribution in [1.29, 1.82) is 0 Å². The van der Waals surface area contributed by atoms with Crippen LogP contribution in [0.3, 0.4) is 0 Å². The summed E-state index contributed by atoms with van der Waals surface area (Å²) in [7, 11) is -5.08. The van der Waals surface area contributed by atoms with Crippen molar-refractivity contribution in [3.05, 3.63) is 12.2 Å². The highest BCUT2D eigenvalue weighted by Crippen LogP contribution is 2.26. The van der Waals surface area contributed by atoms with E-state index >= 15 is 0 Å². The first-order chi connectivity index (χ1) is 36.0. The van der Waals surface area contributed by atoms with Gasteiger partial charge in [-0.05, 0) is 38.5 Å². The topological polar surface area (TPSA) is 192 Å². The maximum absolute atomic E-state index is 13.2. The molecule has 13 heteroatoms. The Morgan fingerprint density at radius 2 is 0.865 bits per heavy atom. The van der Waals surface area contributed by atoms with Crippen molar-refractivity contribution in [2.45, 2.75) is 358 Å². The molecule has 440 valence electrons. The first-order valence-corrected chi connectivity index (χ1v) is 32.9. The Morgan fingerprint density at radius 1 is 0.527 bits per heavy atom. The molecule has 1 aliphatic rings. The number of rotatable bonds is 56. The van der Waals surface area contributed by atoms with Crippen molar-refractivity contribution < 1.29 is 51.8 Å². The third-order valence-corrected chi connectivity index (χ3v) is 15.8. The molecule has 1 rings (SSSR count). The number of allylic oxidation sites excluding steroid dienone is 2. The van der Waals surface area contributed by atoms with Gasteiger partial charge in [0.1, 0.15) is 24.4 Å². The summed E-state index contributed by atoms with van der Waals surface area (Å²) in [6.07, 6.45) is 53.7. The van der Waals surface area contributed by atoms with E-state index in [-0.39, 0.29) is 18.9 Å². The molecule has 12 nitrogen and oxygen atoms in total. The molecule has 0 aromatic carbocycles. The summed E-state index contributed by atoms with van der Waals surface area (Å²) in [6.45, 7) is 3.51. The molecule has 0 aromatic heterocycles. The van der Waals surface area contributed by atoms with E-state index in [9.17, 15) is 38.2 Å². The molecule has 1 fully saturated rings. The Bertz CT molecular complexity index is 1350. The highest BCUT2D eigenvalue weighted by atomic mass is 32.3. The lowest BCUT2D eigenvalue weighted by molar-refractivity contribution is -0.298. The number of amides is 1. The second-order valence-electron chi connectivity index (χ2n) is 22.4. The van der Waals surface area contributed by atoms with E-state index in [1.165, 1.54) is 231 Å². The lowest BCUT2D eigenvalue weighted by Gasteiger charge is -2.41. The first-order valence-electron chi connectivity index (χ1n) is 31.6. The standard InChI is InChI=1S/C61H119NO11S/c1-3-5-7-9-11-13-15-17-19-21-23-25-27-28-29-30-32-34-36-38-40-42-44-46-48-50-55(64)54(53-71-61-59(67)60(73-74(68,69)70)58(66)56(52-63)72-61)62-57(65)51-49-47-45-43-41-39-37-35-33-31-26-24-22-20-18-16-14-12-10-8-6-4-2/h31,33,54-56,58-61,63-64,66-67H,3-30,32,34-53H2,1-2H3,(H,62,65)(H,68,69,70)/b33-31-. The highest BCUT2D eigenvalue weighted by Gasteiger charge is 2.48. The van der Waals surface area contributed by atoms with Gasteiger partial charge < -0.3 is 35.2 Å². The van der Waals surface area contributed by atoms with E-state index in [1.807, 2.05) is 0 Å². The van der Waals surface area contributed by atoms with Gasteiger partial charge in [0.15, 0.2) is 6.29 Å². The molecule has 1 saturated heterocycles. The van der Waals surface area contributed by atoms with Gasteiger partial charge in [-0.15, -0.1) is 0 Å². The molecule has 1 amide bonds. The van der Waals surface area contributed by atoms with Crippen molar-refractivity contribution in [1.82, 2.24) is 5.32 Å². The van der Waals surface area contributed by atoms with Gasteiger partial charge in [-0.3, -0.25) is 9.35 Å². The Morgan fingerprint density at radius 3 is 1.22 bits per heavy atom. The summed E-state index contributed by atoms with van der Waals surface area (Å²) < 4.78 is 48.0. The molecule has 0 radical (unpaired) electrons. The zero-order valence-electron chi connectivity index (χ0n) is 47.9. The average molecular weight is 1070 g/mol. The van der Waals surface area contributed by atoms with Crippen LogP contribution in [0.5, 0.6) is 0 Å². The number of aliphatic hydroxyl groups is 4. The SMILES string of the molecule is CCCCCCCCCCCCC/C=C\CCCCCCCCCC(=O)NC(COC1OC(CO)C(O)C(OS(=O)(=O)O)C1O)C(O)CCCCCCCCCCCCCCCCCCCCCCCCCCC. The van der Waals surface area contributed by atoms with E-state index in [1.54, 1.807) is 0 Å².